The molecule has 0 spiro atoms. The highest BCUT2D eigenvalue weighted by atomic mass is 19.4. The summed E-state index contributed by atoms with van der Waals surface area (Å²) in [5.74, 6) is -0.795. The smallest absolute Gasteiger partial charge is 0.416 e. The standard InChI is InChI=1S/C15H15F3N2O3/c1-8-11(13(21)23-3)12(19-14(22)20(8)2)9-6-4-5-7-10(9)15(16,17)18/h4-7,12H,1-3H3,(H,19,22). The molecule has 124 valence electrons. The average Bonchev–Trinajstić information content (AvgIpc) is 2.50. The topological polar surface area (TPSA) is 58.6 Å². The van der Waals surface area contributed by atoms with Gasteiger partial charge in [0, 0.05) is 12.7 Å². The number of hydrogen-bond acceptors (Lipinski definition) is 3. The molecule has 1 aliphatic rings. The van der Waals surface area contributed by atoms with Gasteiger partial charge < -0.3 is 15.0 Å². The fourth-order valence-electron chi connectivity index (χ4n) is 2.45. The molecule has 0 saturated heterocycles. The molecule has 1 atom stereocenters. The Morgan fingerprint density at radius 2 is 1.91 bits per heavy atom. The number of urea groups is 1. The number of alkyl halides is 3. The maximum Gasteiger partial charge on any atom is 0.416 e. The minimum atomic E-state index is -4.61. The van der Waals surface area contributed by atoms with E-state index in [1.54, 1.807) is 0 Å². The zero-order chi connectivity index (χ0) is 17.4. The van der Waals surface area contributed by atoms with Crippen molar-refractivity contribution in [2.24, 2.45) is 0 Å². The first kappa shape index (κ1) is 16.9. The van der Waals surface area contributed by atoms with Crippen LogP contribution in [0.5, 0.6) is 0 Å². The molecule has 1 aromatic carbocycles. The van der Waals surface area contributed by atoms with Gasteiger partial charge in [-0.3, -0.25) is 0 Å². The van der Waals surface area contributed by atoms with Gasteiger partial charge in [0.15, 0.2) is 0 Å². The Balaban J connectivity index is 2.66. The minimum absolute atomic E-state index is 0.0358. The van der Waals surface area contributed by atoms with E-state index >= 15 is 0 Å². The van der Waals surface area contributed by atoms with E-state index in [2.05, 4.69) is 10.1 Å². The van der Waals surface area contributed by atoms with E-state index in [0.29, 0.717) is 0 Å². The second-order valence-corrected chi connectivity index (χ2v) is 5.02. The molecule has 5 nitrogen and oxygen atoms in total. The lowest BCUT2D eigenvalue weighted by atomic mass is 9.91. The minimum Gasteiger partial charge on any atom is -0.466 e. The summed E-state index contributed by atoms with van der Waals surface area (Å²) >= 11 is 0. The molecule has 1 N–H and O–H groups in total. The summed E-state index contributed by atoms with van der Waals surface area (Å²) in [5.41, 5.74) is -0.917. The largest absolute Gasteiger partial charge is 0.466 e. The van der Waals surface area contributed by atoms with Crippen LogP contribution in [0.25, 0.3) is 0 Å². The van der Waals surface area contributed by atoms with Crippen molar-refractivity contribution in [3.05, 3.63) is 46.7 Å². The Hall–Kier alpha value is -2.51. The van der Waals surface area contributed by atoms with E-state index < -0.39 is 29.8 Å². The zero-order valence-corrected chi connectivity index (χ0v) is 12.7. The molecule has 0 aliphatic carbocycles. The van der Waals surface area contributed by atoms with Crippen LogP contribution < -0.4 is 5.32 Å². The summed E-state index contributed by atoms with van der Waals surface area (Å²) in [6.07, 6.45) is -4.61. The number of nitrogens with one attached hydrogen (secondary N) is 1. The van der Waals surface area contributed by atoms with Gasteiger partial charge in [-0.2, -0.15) is 13.2 Å². The summed E-state index contributed by atoms with van der Waals surface area (Å²) in [4.78, 5) is 25.1. The molecule has 0 bridgehead atoms. The number of benzene rings is 1. The van der Waals surface area contributed by atoms with Crippen molar-refractivity contribution < 1.29 is 27.5 Å². The van der Waals surface area contributed by atoms with Crippen molar-refractivity contribution in [1.29, 1.82) is 0 Å². The number of methoxy groups -OCH3 is 1. The normalized spacial score (nSPS) is 18.8. The second kappa shape index (κ2) is 5.94. The van der Waals surface area contributed by atoms with E-state index in [1.807, 2.05) is 0 Å². The van der Waals surface area contributed by atoms with Gasteiger partial charge in [0.05, 0.1) is 24.3 Å². The molecule has 8 heteroatoms. The number of allylic oxidation sites excluding steroid dienone is 1. The molecular weight excluding hydrogens is 313 g/mol. The predicted molar refractivity (Wildman–Crippen MR) is 75.2 cm³/mol. The van der Waals surface area contributed by atoms with Gasteiger partial charge in [0.1, 0.15) is 0 Å². The van der Waals surface area contributed by atoms with Gasteiger partial charge >= 0.3 is 18.2 Å². The van der Waals surface area contributed by atoms with E-state index in [-0.39, 0.29) is 16.8 Å². The molecular formula is C15H15F3N2O3. The highest BCUT2D eigenvalue weighted by molar-refractivity contribution is 5.95. The molecule has 0 aromatic heterocycles. The molecule has 1 heterocycles. The summed E-state index contributed by atoms with van der Waals surface area (Å²) in [6, 6.07) is 2.97. The highest BCUT2D eigenvalue weighted by Crippen LogP contribution is 2.38. The fourth-order valence-corrected chi connectivity index (χ4v) is 2.45. The average molecular weight is 328 g/mol. The zero-order valence-electron chi connectivity index (χ0n) is 12.7. The number of carbonyl (C=O) groups excluding carboxylic acids is 2. The molecule has 0 fully saturated rings. The Bertz CT molecular complexity index is 683. The first-order chi connectivity index (χ1) is 10.7. The van der Waals surface area contributed by atoms with Crippen molar-refractivity contribution in [3.8, 4) is 0 Å². The van der Waals surface area contributed by atoms with Crippen molar-refractivity contribution >= 4 is 12.0 Å². The molecule has 1 aliphatic heterocycles. The van der Waals surface area contributed by atoms with Gasteiger partial charge in [0.25, 0.3) is 0 Å². The number of carbonyl (C=O) groups is 2. The first-order valence-electron chi connectivity index (χ1n) is 6.68. The van der Waals surface area contributed by atoms with Gasteiger partial charge in [-0.1, -0.05) is 18.2 Å². The molecule has 23 heavy (non-hydrogen) atoms. The van der Waals surface area contributed by atoms with E-state index in [1.165, 1.54) is 32.2 Å². The summed E-state index contributed by atoms with van der Waals surface area (Å²) in [7, 11) is 2.55. The maximum absolute atomic E-state index is 13.2. The quantitative estimate of drug-likeness (QED) is 0.849. The van der Waals surface area contributed by atoms with Crippen molar-refractivity contribution in [2.45, 2.75) is 19.1 Å². The maximum atomic E-state index is 13.2. The van der Waals surface area contributed by atoms with Crippen LogP contribution in [-0.2, 0) is 15.7 Å². The van der Waals surface area contributed by atoms with Gasteiger partial charge in [-0.15, -0.1) is 0 Å². The Kier molecular flexibility index (Phi) is 4.35. The van der Waals surface area contributed by atoms with Crippen LogP contribution in [0.2, 0.25) is 0 Å². The fraction of sp³-hybridized carbons (Fsp3) is 0.333. The molecule has 1 aromatic rings. The summed E-state index contributed by atoms with van der Waals surface area (Å²) < 4.78 is 44.4. The predicted octanol–water partition coefficient (Wildman–Crippen LogP) is 2.85. The molecule has 0 saturated carbocycles. The lowest BCUT2D eigenvalue weighted by molar-refractivity contribution is -0.140. The molecule has 0 radical (unpaired) electrons. The first-order valence-corrected chi connectivity index (χ1v) is 6.68. The SMILES string of the molecule is COC(=O)C1=C(C)N(C)C(=O)NC1c1ccccc1C(F)(F)F. The number of nitrogens with zero attached hydrogens (tertiary/aromatic N) is 1. The number of esters is 1. The Morgan fingerprint density at radius 3 is 2.48 bits per heavy atom. The van der Waals surface area contributed by atoms with Crippen molar-refractivity contribution in [1.82, 2.24) is 10.2 Å². The van der Waals surface area contributed by atoms with Crippen LogP contribution in [0, 0.1) is 0 Å². The Morgan fingerprint density at radius 1 is 1.30 bits per heavy atom. The monoisotopic (exact) mass is 328 g/mol. The van der Waals surface area contributed by atoms with Crippen LogP contribution in [0.15, 0.2) is 35.5 Å². The van der Waals surface area contributed by atoms with Gasteiger partial charge in [0.2, 0.25) is 0 Å². The van der Waals surface area contributed by atoms with E-state index in [4.69, 9.17) is 0 Å². The number of ether oxygens (including phenoxy) is 1. The van der Waals surface area contributed by atoms with Crippen molar-refractivity contribution in [2.75, 3.05) is 14.2 Å². The molecule has 2 rings (SSSR count). The van der Waals surface area contributed by atoms with Gasteiger partial charge in [-0.05, 0) is 18.6 Å². The van der Waals surface area contributed by atoms with Crippen molar-refractivity contribution in [3.63, 3.8) is 0 Å². The third-order valence-electron chi connectivity index (χ3n) is 3.74. The van der Waals surface area contributed by atoms with Crippen LogP contribution in [0.3, 0.4) is 0 Å². The van der Waals surface area contributed by atoms with Crippen LogP contribution in [0.1, 0.15) is 24.1 Å². The van der Waals surface area contributed by atoms with Crippen LogP contribution >= 0.6 is 0 Å². The number of hydrogen-bond donors (Lipinski definition) is 1. The summed E-state index contributed by atoms with van der Waals surface area (Å²) in [5, 5.41) is 2.42. The van der Waals surface area contributed by atoms with Gasteiger partial charge in [-0.25, -0.2) is 9.59 Å². The number of rotatable bonds is 2. The summed E-state index contributed by atoms with van der Waals surface area (Å²) in [6.45, 7) is 1.48. The molecule has 2 amide bonds. The molecule has 1 unspecified atom stereocenters. The van der Waals surface area contributed by atoms with Crippen LogP contribution in [-0.4, -0.2) is 31.1 Å². The van der Waals surface area contributed by atoms with E-state index in [9.17, 15) is 22.8 Å². The highest BCUT2D eigenvalue weighted by Gasteiger charge is 2.40. The number of amides is 2. The lowest BCUT2D eigenvalue weighted by Crippen LogP contribution is -2.46. The third-order valence-corrected chi connectivity index (χ3v) is 3.74. The Labute approximate surface area is 130 Å². The number of halogens is 3. The lowest BCUT2D eigenvalue weighted by Gasteiger charge is -2.34. The second-order valence-electron chi connectivity index (χ2n) is 5.02. The van der Waals surface area contributed by atoms with Crippen LogP contribution in [0.4, 0.5) is 18.0 Å². The third kappa shape index (κ3) is 3.01. The van der Waals surface area contributed by atoms with E-state index in [0.717, 1.165) is 18.1 Å².